The summed E-state index contributed by atoms with van der Waals surface area (Å²) in [5.41, 5.74) is 5.97. The van der Waals surface area contributed by atoms with Crippen molar-refractivity contribution in [3.8, 4) is 0 Å². The van der Waals surface area contributed by atoms with Crippen molar-refractivity contribution >= 4 is 17.2 Å². The van der Waals surface area contributed by atoms with Crippen LogP contribution in [0.15, 0.2) is 17.5 Å². The SMILES string of the molecule is CC1CN(C(=O)CCCc2cccs2)CCC1N. The topological polar surface area (TPSA) is 46.3 Å². The molecule has 1 amide bonds. The lowest BCUT2D eigenvalue weighted by atomic mass is 9.94. The number of aryl methyl sites for hydroxylation is 1. The van der Waals surface area contributed by atoms with E-state index in [-0.39, 0.29) is 6.04 Å². The number of likely N-dealkylation sites (tertiary alicyclic amines) is 1. The van der Waals surface area contributed by atoms with Crippen LogP contribution in [0.4, 0.5) is 0 Å². The maximum absolute atomic E-state index is 12.1. The van der Waals surface area contributed by atoms with Crippen LogP contribution in [-0.4, -0.2) is 29.9 Å². The van der Waals surface area contributed by atoms with Crippen molar-refractivity contribution < 1.29 is 4.79 Å². The summed E-state index contributed by atoms with van der Waals surface area (Å²) in [6.07, 6.45) is 3.58. The van der Waals surface area contributed by atoms with E-state index in [0.717, 1.165) is 32.4 Å². The van der Waals surface area contributed by atoms with E-state index >= 15 is 0 Å². The van der Waals surface area contributed by atoms with Gasteiger partial charge in [-0.05, 0) is 36.6 Å². The maximum atomic E-state index is 12.1. The van der Waals surface area contributed by atoms with Crippen LogP contribution in [0.5, 0.6) is 0 Å². The van der Waals surface area contributed by atoms with Crippen LogP contribution in [0.25, 0.3) is 0 Å². The van der Waals surface area contributed by atoms with Crippen LogP contribution in [0.1, 0.15) is 31.1 Å². The lowest BCUT2D eigenvalue weighted by Crippen LogP contribution is -2.48. The molecule has 1 aliphatic rings. The molecular formula is C14H22N2OS. The Kier molecular flexibility index (Phi) is 4.78. The Bertz CT molecular complexity index is 377. The first kappa shape index (κ1) is 13.6. The van der Waals surface area contributed by atoms with Gasteiger partial charge in [0.1, 0.15) is 0 Å². The smallest absolute Gasteiger partial charge is 0.222 e. The molecule has 3 nitrogen and oxygen atoms in total. The molecule has 1 aromatic rings. The van der Waals surface area contributed by atoms with E-state index in [4.69, 9.17) is 5.73 Å². The van der Waals surface area contributed by atoms with Crippen LogP contribution in [0, 0.1) is 5.92 Å². The van der Waals surface area contributed by atoms with E-state index < -0.39 is 0 Å². The fraction of sp³-hybridized carbons (Fsp3) is 0.643. The Hall–Kier alpha value is -0.870. The van der Waals surface area contributed by atoms with Crippen molar-refractivity contribution in [1.29, 1.82) is 0 Å². The number of hydrogen-bond acceptors (Lipinski definition) is 3. The van der Waals surface area contributed by atoms with E-state index in [0.29, 0.717) is 18.2 Å². The number of hydrogen-bond donors (Lipinski definition) is 1. The lowest BCUT2D eigenvalue weighted by molar-refractivity contribution is -0.133. The molecule has 18 heavy (non-hydrogen) atoms. The molecule has 0 aromatic carbocycles. The van der Waals surface area contributed by atoms with Crippen molar-refractivity contribution in [2.75, 3.05) is 13.1 Å². The summed E-state index contributed by atoms with van der Waals surface area (Å²) in [4.78, 5) is 15.4. The number of nitrogens with zero attached hydrogens (tertiary/aromatic N) is 1. The second-order valence-corrected chi connectivity index (χ2v) is 6.23. The molecule has 100 valence electrons. The first-order valence-corrected chi connectivity index (χ1v) is 7.60. The first-order chi connectivity index (χ1) is 8.66. The molecule has 2 rings (SSSR count). The van der Waals surface area contributed by atoms with Gasteiger partial charge in [-0.15, -0.1) is 11.3 Å². The summed E-state index contributed by atoms with van der Waals surface area (Å²) in [7, 11) is 0. The molecule has 0 bridgehead atoms. The molecule has 0 aliphatic carbocycles. The van der Waals surface area contributed by atoms with Gasteiger partial charge in [0.25, 0.3) is 0 Å². The van der Waals surface area contributed by atoms with Gasteiger partial charge in [-0.2, -0.15) is 0 Å². The minimum Gasteiger partial charge on any atom is -0.342 e. The van der Waals surface area contributed by atoms with Gasteiger partial charge in [-0.3, -0.25) is 4.79 Å². The van der Waals surface area contributed by atoms with Crippen LogP contribution in [-0.2, 0) is 11.2 Å². The molecule has 0 saturated carbocycles. The van der Waals surface area contributed by atoms with E-state index in [2.05, 4.69) is 24.4 Å². The minimum atomic E-state index is 0.264. The highest BCUT2D eigenvalue weighted by Crippen LogP contribution is 2.17. The molecular weight excluding hydrogens is 244 g/mol. The summed E-state index contributed by atoms with van der Waals surface area (Å²) < 4.78 is 0. The van der Waals surface area contributed by atoms with Crippen molar-refractivity contribution in [1.82, 2.24) is 4.90 Å². The highest BCUT2D eigenvalue weighted by molar-refractivity contribution is 7.09. The van der Waals surface area contributed by atoms with E-state index in [1.54, 1.807) is 11.3 Å². The Morgan fingerprint density at radius 3 is 3.11 bits per heavy atom. The van der Waals surface area contributed by atoms with Gasteiger partial charge in [0.15, 0.2) is 0 Å². The molecule has 2 heterocycles. The average molecular weight is 266 g/mol. The maximum Gasteiger partial charge on any atom is 0.222 e. The highest BCUT2D eigenvalue weighted by atomic mass is 32.1. The number of carbonyl (C=O) groups is 1. The van der Waals surface area contributed by atoms with Gasteiger partial charge >= 0.3 is 0 Å². The molecule has 4 heteroatoms. The first-order valence-electron chi connectivity index (χ1n) is 6.72. The number of thiophene rings is 1. The molecule has 1 fully saturated rings. The summed E-state index contributed by atoms with van der Waals surface area (Å²) in [6, 6.07) is 4.47. The van der Waals surface area contributed by atoms with Gasteiger partial charge < -0.3 is 10.6 Å². The number of amides is 1. The standard InChI is InChI=1S/C14H22N2OS/c1-11-10-16(8-7-13(11)15)14(17)6-2-4-12-5-3-9-18-12/h3,5,9,11,13H,2,4,6-8,10,15H2,1H3. The predicted octanol–water partition coefficient (Wildman–Crippen LogP) is 2.27. The third-order valence-electron chi connectivity index (χ3n) is 3.72. The number of nitrogens with two attached hydrogens (primary N) is 1. The molecule has 2 unspecified atom stereocenters. The second-order valence-electron chi connectivity index (χ2n) is 5.20. The van der Waals surface area contributed by atoms with Gasteiger partial charge in [-0.1, -0.05) is 13.0 Å². The van der Waals surface area contributed by atoms with Crippen molar-refractivity contribution in [2.45, 2.75) is 38.6 Å². The Balaban J connectivity index is 1.71. The van der Waals surface area contributed by atoms with Gasteiger partial charge in [0.05, 0.1) is 0 Å². The Morgan fingerprint density at radius 1 is 1.61 bits per heavy atom. The minimum absolute atomic E-state index is 0.264. The average Bonchev–Trinajstić information content (AvgIpc) is 2.85. The third-order valence-corrected chi connectivity index (χ3v) is 4.65. The normalized spacial score (nSPS) is 24.2. The van der Waals surface area contributed by atoms with Crippen molar-refractivity contribution in [3.63, 3.8) is 0 Å². The van der Waals surface area contributed by atoms with Gasteiger partial charge in [-0.25, -0.2) is 0 Å². The molecule has 0 radical (unpaired) electrons. The fourth-order valence-electron chi connectivity index (χ4n) is 2.42. The third kappa shape index (κ3) is 3.56. The van der Waals surface area contributed by atoms with Crippen LogP contribution >= 0.6 is 11.3 Å². The van der Waals surface area contributed by atoms with Crippen LogP contribution < -0.4 is 5.73 Å². The molecule has 0 spiro atoms. The number of piperidine rings is 1. The molecule has 1 saturated heterocycles. The lowest BCUT2D eigenvalue weighted by Gasteiger charge is -2.35. The van der Waals surface area contributed by atoms with Crippen LogP contribution in [0.2, 0.25) is 0 Å². The monoisotopic (exact) mass is 266 g/mol. The van der Waals surface area contributed by atoms with Crippen molar-refractivity contribution in [2.24, 2.45) is 11.7 Å². The van der Waals surface area contributed by atoms with E-state index in [9.17, 15) is 4.79 Å². The summed E-state index contributed by atoms with van der Waals surface area (Å²) in [6.45, 7) is 3.80. The van der Waals surface area contributed by atoms with Crippen LogP contribution in [0.3, 0.4) is 0 Å². The zero-order chi connectivity index (χ0) is 13.0. The fourth-order valence-corrected chi connectivity index (χ4v) is 3.17. The van der Waals surface area contributed by atoms with E-state index in [1.165, 1.54) is 4.88 Å². The summed E-state index contributed by atoms with van der Waals surface area (Å²) >= 11 is 1.77. The molecule has 2 N–H and O–H groups in total. The van der Waals surface area contributed by atoms with Gasteiger partial charge in [0.2, 0.25) is 5.91 Å². The zero-order valence-corrected chi connectivity index (χ0v) is 11.8. The summed E-state index contributed by atoms with van der Waals surface area (Å²) in [5, 5.41) is 2.09. The molecule has 2 atom stereocenters. The number of rotatable bonds is 4. The largest absolute Gasteiger partial charge is 0.342 e. The summed E-state index contributed by atoms with van der Waals surface area (Å²) in [5.74, 6) is 0.727. The zero-order valence-electron chi connectivity index (χ0n) is 11.0. The van der Waals surface area contributed by atoms with Crippen molar-refractivity contribution in [3.05, 3.63) is 22.4 Å². The molecule has 1 aromatic heterocycles. The Morgan fingerprint density at radius 2 is 2.44 bits per heavy atom. The Labute approximate surface area is 113 Å². The quantitative estimate of drug-likeness (QED) is 0.908. The van der Waals surface area contributed by atoms with Gasteiger partial charge in [0, 0.05) is 30.4 Å². The molecule has 1 aliphatic heterocycles. The number of carbonyl (C=O) groups excluding carboxylic acids is 1. The van der Waals surface area contributed by atoms with E-state index in [1.807, 2.05) is 4.90 Å². The highest BCUT2D eigenvalue weighted by Gasteiger charge is 2.25. The second kappa shape index (κ2) is 6.34. The predicted molar refractivity (Wildman–Crippen MR) is 75.6 cm³/mol.